The molecule has 3 N–H and O–H groups in total. The second kappa shape index (κ2) is 7.31. The zero-order valence-corrected chi connectivity index (χ0v) is 12.6. The zero-order chi connectivity index (χ0) is 15.2. The van der Waals surface area contributed by atoms with Gasteiger partial charge in [0.1, 0.15) is 6.61 Å². The number of ether oxygens (including phenoxy) is 1. The summed E-state index contributed by atoms with van der Waals surface area (Å²) >= 11 is 12.0. The highest BCUT2D eigenvalue weighted by molar-refractivity contribution is 6.34. The van der Waals surface area contributed by atoms with Crippen molar-refractivity contribution in [1.29, 1.82) is 0 Å². The average molecular weight is 325 g/mol. The molecule has 0 unspecified atom stereocenters. The third-order valence-corrected chi connectivity index (χ3v) is 3.40. The molecule has 0 aliphatic rings. The summed E-state index contributed by atoms with van der Waals surface area (Å²) in [4.78, 5) is 11.8. The van der Waals surface area contributed by atoms with Crippen LogP contribution >= 0.6 is 23.2 Å². The number of halogens is 2. The lowest BCUT2D eigenvalue weighted by molar-refractivity contribution is -0.121. The molecule has 0 saturated heterocycles. The minimum absolute atomic E-state index is 0.0913. The van der Waals surface area contributed by atoms with Gasteiger partial charge in [-0.3, -0.25) is 4.79 Å². The fourth-order valence-corrected chi connectivity index (χ4v) is 2.11. The first-order chi connectivity index (χ1) is 10.1. The van der Waals surface area contributed by atoms with Gasteiger partial charge in [0.15, 0.2) is 0 Å². The van der Waals surface area contributed by atoms with Crippen molar-refractivity contribution in [1.82, 2.24) is 0 Å². The molecule has 2 rings (SSSR count). The van der Waals surface area contributed by atoms with Crippen molar-refractivity contribution in [2.75, 3.05) is 17.7 Å². The molecule has 0 fully saturated rings. The molecule has 0 bridgehead atoms. The third kappa shape index (κ3) is 4.63. The van der Waals surface area contributed by atoms with Crippen LogP contribution in [-0.2, 0) is 16.1 Å². The zero-order valence-electron chi connectivity index (χ0n) is 11.1. The monoisotopic (exact) mass is 324 g/mol. The van der Waals surface area contributed by atoms with Crippen LogP contribution in [0.15, 0.2) is 42.5 Å². The van der Waals surface area contributed by atoms with Crippen LogP contribution in [0.4, 0.5) is 11.4 Å². The summed E-state index contributed by atoms with van der Waals surface area (Å²) < 4.78 is 5.33. The number of nitrogens with two attached hydrogens (primary N) is 1. The Balaban J connectivity index is 1.84. The van der Waals surface area contributed by atoms with E-state index < -0.39 is 0 Å². The van der Waals surface area contributed by atoms with Crippen molar-refractivity contribution in [3.05, 3.63) is 58.1 Å². The highest BCUT2D eigenvalue weighted by Gasteiger charge is 2.07. The first kappa shape index (κ1) is 15.6. The quantitative estimate of drug-likeness (QED) is 0.823. The summed E-state index contributed by atoms with van der Waals surface area (Å²) in [5, 5.41) is 3.65. The van der Waals surface area contributed by atoms with Crippen LogP contribution in [0.3, 0.4) is 0 Å². The van der Waals surface area contributed by atoms with Gasteiger partial charge in [0.2, 0.25) is 5.91 Å². The minimum atomic E-state index is -0.297. The fraction of sp³-hybridized carbons (Fsp3) is 0.133. The van der Waals surface area contributed by atoms with Crippen LogP contribution in [0.2, 0.25) is 10.0 Å². The molecule has 4 nitrogen and oxygen atoms in total. The number of hydrogen-bond donors (Lipinski definition) is 2. The molecule has 21 heavy (non-hydrogen) atoms. The molecule has 0 saturated carbocycles. The van der Waals surface area contributed by atoms with Gasteiger partial charge in [-0.1, -0.05) is 41.4 Å². The minimum Gasteiger partial charge on any atom is -0.399 e. The lowest BCUT2D eigenvalue weighted by atomic mass is 10.2. The number of carbonyl (C=O) groups is 1. The van der Waals surface area contributed by atoms with Crippen molar-refractivity contribution in [3.8, 4) is 0 Å². The number of nitrogen functional groups attached to an aromatic ring is 1. The Hall–Kier alpha value is -1.75. The van der Waals surface area contributed by atoms with E-state index in [-0.39, 0.29) is 19.1 Å². The molecule has 110 valence electrons. The van der Waals surface area contributed by atoms with E-state index in [9.17, 15) is 4.79 Å². The molecule has 0 aliphatic heterocycles. The van der Waals surface area contributed by atoms with Crippen LogP contribution < -0.4 is 11.1 Å². The van der Waals surface area contributed by atoms with Crippen LogP contribution in [0.5, 0.6) is 0 Å². The Morgan fingerprint density at radius 1 is 1.14 bits per heavy atom. The Labute approximate surface area is 132 Å². The van der Waals surface area contributed by atoms with Gasteiger partial charge in [0.05, 0.1) is 17.3 Å². The topological polar surface area (TPSA) is 64.3 Å². The van der Waals surface area contributed by atoms with Gasteiger partial charge in [-0.15, -0.1) is 0 Å². The maximum atomic E-state index is 11.8. The number of nitrogens with one attached hydrogen (secondary N) is 1. The lowest BCUT2D eigenvalue weighted by Gasteiger charge is -2.09. The number of benzene rings is 2. The van der Waals surface area contributed by atoms with Gasteiger partial charge in [0, 0.05) is 10.7 Å². The van der Waals surface area contributed by atoms with Crippen molar-refractivity contribution in [2.45, 2.75) is 6.61 Å². The summed E-state index contributed by atoms with van der Waals surface area (Å²) in [6.45, 7) is 0.175. The van der Waals surface area contributed by atoms with E-state index >= 15 is 0 Å². The molecule has 1 amide bonds. The summed E-state index contributed by atoms with van der Waals surface area (Å²) in [7, 11) is 0. The average Bonchev–Trinajstić information content (AvgIpc) is 2.44. The SMILES string of the molecule is Nc1ccc(NC(=O)COCc2ccccc2Cl)c(Cl)c1. The standard InChI is InChI=1S/C15H14Cl2N2O2/c16-12-4-2-1-3-10(12)8-21-9-15(20)19-14-6-5-11(18)7-13(14)17/h1-7H,8-9,18H2,(H,19,20). The van der Waals surface area contributed by atoms with Crippen molar-refractivity contribution in [3.63, 3.8) is 0 Å². The third-order valence-electron chi connectivity index (χ3n) is 2.72. The van der Waals surface area contributed by atoms with Gasteiger partial charge in [0.25, 0.3) is 0 Å². The first-order valence-corrected chi connectivity index (χ1v) is 6.98. The van der Waals surface area contributed by atoms with Gasteiger partial charge >= 0.3 is 0 Å². The van der Waals surface area contributed by atoms with E-state index in [4.69, 9.17) is 33.7 Å². The lowest BCUT2D eigenvalue weighted by Crippen LogP contribution is -2.18. The summed E-state index contributed by atoms with van der Waals surface area (Å²) in [5.74, 6) is -0.297. The van der Waals surface area contributed by atoms with Crippen LogP contribution in [0.1, 0.15) is 5.56 Å². The smallest absolute Gasteiger partial charge is 0.250 e. The van der Waals surface area contributed by atoms with Crippen molar-refractivity contribution < 1.29 is 9.53 Å². The number of anilines is 2. The van der Waals surface area contributed by atoms with Crippen molar-refractivity contribution >= 4 is 40.5 Å². The molecule has 2 aromatic carbocycles. The van der Waals surface area contributed by atoms with Crippen LogP contribution in [-0.4, -0.2) is 12.5 Å². The number of carbonyl (C=O) groups excluding carboxylic acids is 1. The largest absolute Gasteiger partial charge is 0.399 e. The van der Waals surface area contributed by atoms with Gasteiger partial charge in [-0.05, 0) is 29.8 Å². The van der Waals surface area contributed by atoms with E-state index in [0.717, 1.165) is 5.56 Å². The summed E-state index contributed by atoms with van der Waals surface area (Å²) in [6.07, 6.45) is 0. The first-order valence-electron chi connectivity index (χ1n) is 6.22. The second-order valence-corrected chi connectivity index (χ2v) is 5.19. The Morgan fingerprint density at radius 2 is 1.90 bits per heavy atom. The highest BCUT2D eigenvalue weighted by atomic mass is 35.5. The van der Waals surface area contributed by atoms with Gasteiger partial charge in [-0.2, -0.15) is 0 Å². The van der Waals surface area contributed by atoms with Gasteiger partial charge < -0.3 is 15.8 Å². The van der Waals surface area contributed by atoms with Gasteiger partial charge in [-0.25, -0.2) is 0 Å². The van der Waals surface area contributed by atoms with E-state index in [1.807, 2.05) is 18.2 Å². The van der Waals surface area contributed by atoms with E-state index in [1.165, 1.54) is 0 Å². The molecular weight excluding hydrogens is 311 g/mol. The maximum Gasteiger partial charge on any atom is 0.250 e. The summed E-state index contributed by atoms with van der Waals surface area (Å²) in [6, 6.07) is 12.2. The van der Waals surface area contributed by atoms with Crippen LogP contribution in [0, 0.1) is 0 Å². The van der Waals surface area contributed by atoms with Crippen molar-refractivity contribution in [2.24, 2.45) is 0 Å². The molecular formula is C15H14Cl2N2O2. The number of amides is 1. The number of rotatable bonds is 5. The molecule has 0 radical (unpaired) electrons. The highest BCUT2D eigenvalue weighted by Crippen LogP contribution is 2.24. The Bertz CT molecular complexity index is 647. The molecule has 0 aromatic heterocycles. The van der Waals surface area contributed by atoms with E-state index in [1.54, 1.807) is 24.3 Å². The molecule has 0 atom stereocenters. The Morgan fingerprint density at radius 3 is 2.62 bits per heavy atom. The van der Waals surface area contributed by atoms with Crippen LogP contribution in [0.25, 0.3) is 0 Å². The Kier molecular flexibility index (Phi) is 5.44. The number of hydrogen-bond acceptors (Lipinski definition) is 3. The molecule has 0 aliphatic carbocycles. The predicted octanol–water partition coefficient (Wildman–Crippen LogP) is 3.73. The van der Waals surface area contributed by atoms with E-state index in [2.05, 4.69) is 5.32 Å². The second-order valence-electron chi connectivity index (χ2n) is 4.37. The predicted molar refractivity (Wildman–Crippen MR) is 85.6 cm³/mol. The molecule has 0 heterocycles. The maximum absolute atomic E-state index is 11.8. The summed E-state index contributed by atoms with van der Waals surface area (Å²) in [5.41, 5.74) is 7.45. The fourth-order valence-electron chi connectivity index (χ4n) is 1.69. The van der Waals surface area contributed by atoms with E-state index in [0.29, 0.717) is 21.4 Å². The molecule has 0 spiro atoms. The normalized spacial score (nSPS) is 10.4. The molecule has 2 aromatic rings. The molecule has 6 heteroatoms.